The largest absolute Gasteiger partial charge is 0.314 e. The lowest BCUT2D eigenvalue weighted by Crippen LogP contribution is -2.28. The Morgan fingerprint density at radius 3 is 2.86 bits per heavy atom. The molecule has 1 atom stereocenters. The van der Waals surface area contributed by atoms with Gasteiger partial charge in [0.1, 0.15) is 0 Å². The Morgan fingerprint density at radius 2 is 2.36 bits per heavy atom. The molecule has 0 aliphatic rings. The van der Waals surface area contributed by atoms with Gasteiger partial charge in [-0.2, -0.15) is 0 Å². The SMILES string of the molecule is CCNC(C)CC(=O)c1csc(C)c1. The quantitative estimate of drug-likeness (QED) is 0.759. The van der Waals surface area contributed by atoms with E-state index in [0.717, 1.165) is 12.1 Å². The molecule has 0 saturated carbocycles. The zero-order valence-electron chi connectivity index (χ0n) is 8.96. The van der Waals surface area contributed by atoms with E-state index in [-0.39, 0.29) is 11.8 Å². The van der Waals surface area contributed by atoms with Gasteiger partial charge in [-0.25, -0.2) is 0 Å². The molecule has 0 aliphatic carbocycles. The number of carbonyl (C=O) groups excluding carboxylic acids is 1. The summed E-state index contributed by atoms with van der Waals surface area (Å²) in [5.41, 5.74) is 0.859. The minimum atomic E-state index is 0.239. The highest BCUT2D eigenvalue weighted by atomic mass is 32.1. The fourth-order valence-corrected chi connectivity index (χ4v) is 2.11. The van der Waals surface area contributed by atoms with E-state index in [1.807, 2.05) is 25.3 Å². The van der Waals surface area contributed by atoms with Gasteiger partial charge in [0.2, 0.25) is 0 Å². The van der Waals surface area contributed by atoms with Crippen molar-refractivity contribution in [1.82, 2.24) is 5.32 Å². The van der Waals surface area contributed by atoms with Crippen LogP contribution in [0.4, 0.5) is 0 Å². The van der Waals surface area contributed by atoms with Crippen LogP contribution in [0.3, 0.4) is 0 Å². The maximum Gasteiger partial charge on any atom is 0.165 e. The summed E-state index contributed by atoms with van der Waals surface area (Å²) in [5.74, 6) is 0.239. The van der Waals surface area contributed by atoms with Crippen molar-refractivity contribution in [3.05, 3.63) is 21.9 Å². The van der Waals surface area contributed by atoms with Crippen molar-refractivity contribution in [1.29, 1.82) is 0 Å². The molecule has 2 nitrogen and oxygen atoms in total. The van der Waals surface area contributed by atoms with Gasteiger partial charge in [-0.05, 0) is 26.5 Å². The highest BCUT2D eigenvalue weighted by Crippen LogP contribution is 2.15. The number of rotatable bonds is 5. The fourth-order valence-electron chi connectivity index (χ4n) is 1.41. The Balaban J connectivity index is 2.50. The van der Waals surface area contributed by atoms with E-state index in [1.165, 1.54) is 4.88 Å². The van der Waals surface area contributed by atoms with E-state index in [9.17, 15) is 4.79 Å². The number of thiophene rings is 1. The highest BCUT2D eigenvalue weighted by Gasteiger charge is 2.11. The molecule has 0 aromatic carbocycles. The second kappa shape index (κ2) is 5.27. The summed E-state index contributed by atoms with van der Waals surface area (Å²) in [6.07, 6.45) is 0.587. The molecule has 78 valence electrons. The molecule has 1 N–H and O–H groups in total. The molecule has 0 radical (unpaired) electrons. The molecule has 0 amide bonds. The second-order valence-electron chi connectivity index (χ2n) is 3.53. The lowest BCUT2D eigenvalue weighted by atomic mass is 10.1. The molecule has 0 saturated heterocycles. The summed E-state index contributed by atoms with van der Waals surface area (Å²) in [7, 11) is 0. The average molecular weight is 211 g/mol. The van der Waals surface area contributed by atoms with Crippen molar-refractivity contribution >= 4 is 17.1 Å². The lowest BCUT2D eigenvalue weighted by molar-refractivity contribution is 0.0972. The summed E-state index contributed by atoms with van der Waals surface area (Å²) < 4.78 is 0. The summed E-state index contributed by atoms with van der Waals surface area (Å²) in [5, 5.41) is 5.18. The third kappa shape index (κ3) is 3.24. The number of carbonyl (C=O) groups is 1. The number of aryl methyl sites for hydroxylation is 1. The third-order valence-electron chi connectivity index (χ3n) is 2.10. The molecule has 1 heterocycles. The highest BCUT2D eigenvalue weighted by molar-refractivity contribution is 7.10. The van der Waals surface area contributed by atoms with Crippen LogP contribution in [0.1, 0.15) is 35.5 Å². The van der Waals surface area contributed by atoms with Crippen molar-refractivity contribution in [2.45, 2.75) is 33.2 Å². The van der Waals surface area contributed by atoms with Crippen LogP contribution in [0.25, 0.3) is 0 Å². The molecule has 1 rings (SSSR count). The molecule has 0 aliphatic heterocycles. The van der Waals surface area contributed by atoms with Crippen LogP contribution in [0.15, 0.2) is 11.4 Å². The van der Waals surface area contributed by atoms with Gasteiger partial charge in [0.25, 0.3) is 0 Å². The summed E-state index contributed by atoms with van der Waals surface area (Å²) in [6, 6.07) is 2.23. The molecule has 0 bridgehead atoms. The average Bonchev–Trinajstić information content (AvgIpc) is 2.52. The molecular weight excluding hydrogens is 194 g/mol. The Hall–Kier alpha value is -0.670. The van der Waals surface area contributed by atoms with E-state index in [0.29, 0.717) is 6.42 Å². The summed E-state index contributed by atoms with van der Waals surface area (Å²) >= 11 is 1.63. The smallest absolute Gasteiger partial charge is 0.165 e. The molecule has 14 heavy (non-hydrogen) atoms. The van der Waals surface area contributed by atoms with Crippen LogP contribution >= 0.6 is 11.3 Å². The molecule has 1 unspecified atom stereocenters. The minimum Gasteiger partial charge on any atom is -0.314 e. The molecular formula is C11H17NOS. The van der Waals surface area contributed by atoms with Gasteiger partial charge < -0.3 is 5.32 Å². The molecule has 3 heteroatoms. The maximum atomic E-state index is 11.7. The molecule has 1 aromatic rings. The van der Waals surface area contributed by atoms with Crippen LogP contribution in [-0.2, 0) is 0 Å². The molecule has 1 aromatic heterocycles. The van der Waals surface area contributed by atoms with Crippen molar-refractivity contribution < 1.29 is 4.79 Å². The van der Waals surface area contributed by atoms with E-state index < -0.39 is 0 Å². The first-order valence-electron chi connectivity index (χ1n) is 4.95. The number of nitrogens with one attached hydrogen (secondary N) is 1. The van der Waals surface area contributed by atoms with Crippen LogP contribution in [0.5, 0.6) is 0 Å². The van der Waals surface area contributed by atoms with Gasteiger partial charge in [-0.3, -0.25) is 4.79 Å². The Bertz CT molecular complexity index is 306. The van der Waals surface area contributed by atoms with Crippen LogP contribution in [0.2, 0.25) is 0 Å². The first kappa shape index (κ1) is 11.4. The van der Waals surface area contributed by atoms with E-state index in [1.54, 1.807) is 11.3 Å². The van der Waals surface area contributed by atoms with E-state index in [4.69, 9.17) is 0 Å². The summed E-state index contributed by atoms with van der Waals surface area (Å²) in [4.78, 5) is 12.9. The van der Waals surface area contributed by atoms with Crippen molar-refractivity contribution in [3.8, 4) is 0 Å². The van der Waals surface area contributed by atoms with Crippen LogP contribution in [0, 0.1) is 6.92 Å². The lowest BCUT2D eigenvalue weighted by Gasteiger charge is -2.09. The first-order valence-corrected chi connectivity index (χ1v) is 5.83. The van der Waals surface area contributed by atoms with Crippen LogP contribution in [-0.4, -0.2) is 18.4 Å². The van der Waals surface area contributed by atoms with Gasteiger partial charge in [0.05, 0.1) is 0 Å². The molecule has 0 fully saturated rings. The number of hydrogen-bond acceptors (Lipinski definition) is 3. The molecule has 0 spiro atoms. The van der Waals surface area contributed by atoms with Crippen molar-refractivity contribution in [2.75, 3.05) is 6.54 Å². The minimum absolute atomic E-state index is 0.239. The Kier molecular flexibility index (Phi) is 4.29. The third-order valence-corrected chi connectivity index (χ3v) is 2.96. The normalized spacial score (nSPS) is 12.8. The fraction of sp³-hybridized carbons (Fsp3) is 0.545. The van der Waals surface area contributed by atoms with Gasteiger partial charge in [-0.1, -0.05) is 6.92 Å². The zero-order chi connectivity index (χ0) is 10.6. The number of Topliss-reactive ketones (excluding diaryl/α,β-unsaturated/α-hetero) is 1. The maximum absolute atomic E-state index is 11.7. The summed E-state index contributed by atoms with van der Waals surface area (Å²) in [6.45, 7) is 7.03. The first-order chi connectivity index (χ1) is 6.63. The van der Waals surface area contributed by atoms with Crippen molar-refractivity contribution in [2.24, 2.45) is 0 Å². The predicted octanol–water partition coefficient (Wildman–Crippen LogP) is 2.63. The Labute approximate surface area is 89.3 Å². The van der Waals surface area contributed by atoms with E-state index in [2.05, 4.69) is 12.2 Å². The standard InChI is InChI=1S/C11H17NOS/c1-4-12-8(2)5-11(13)10-6-9(3)14-7-10/h6-8,12H,4-5H2,1-3H3. The van der Waals surface area contributed by atoms with Gasteiger partial charge >= 0.3 is 0 Å². The topological polar surface area (TPSA) is 29.1 Å². The zero-order valence-corrected chi connectivity index (χ0v) is 9.78. The monoisotopic (exact) mass is 211 g/mol. The van der Waals surface area contributed by atoms with Crippen LogP contribution < -0.4 is 5.32 Å². The Morgan fingerprint density at radius 1 is 1.64 bits per heavy atom. The number of ketones is 1. The van der Waals surface area contributed by atoms with E-state index >= 15 is 0 Å². The predicted molar refractivity (Wildman–Crippen MR) is 61.1 cm³/mol. The second-order valence-corrected chi connectivity index (χ2v) is 4.65. The van der Waals surface area contributed by atoms with Crippen molar-refractivity contribution in [3.63, 3.8) is 0 Å². The van der Waals surface area contributed by atoms with Gasteiger partial charge in [-0.15, -0.1) is 11.3 Å². The van der Waals surface area contributed by atoms with Gasteiger partial charge in [0.15, 0.2) is 5.78 Å². The van der Waals surface area contributed by atoms with Gasteiger partial charge in [0, 0.05) is 28.3 Å². The number of hydrogen-bond donors (Lipinski definition) is 1.